The molecule has 2 rings (SSSR count). The molecule has 0 saturated carbocycles. The third-order valence-corrected chi connectivity index (χ3v) is 3.97. The smallest absolute Gasteiger partial charge is 0.307 e. The SMILES string of the molecule is O=C(NO)Sc1ccc(OCCNC(=O)c2cncc(Br)c2)cc1. The van der Waals surface area contributed by atoms with E-state index in [1.165, 1.54) is 6.20 Å². The first kappa shape index (κ1) is 18.2. The van der Waals surface area contributed by atoms with Crippen LogP contribution in [0.2, 0.25) is 0 Å². The number of hydroxylamine groups is 1. The van der Waals surface area contributed by atoms with Gasteiger partial charge in [0.2, 0.25) is 0 Å². The van der Waals surface area contributed by atoms with Crippen LogP contribution in [0.3, 0.4) is 0 Å². The Morgan fingerprint density at radius 2 is 2.00 bits per heavy atom. The van der Waals surface area contributed by atoms with Gasteiger partial charge < -0.3 is 10.1 Å². The second kappa shape index (κ2) is 9.26. The quantitative estimate of drug-likeness (QED) is 0.292. The van der Waals surface area contributed by atoms with Gasteiger partial charge in [0, 0.05) is 21.8 Å². The number of benzene rings is 1. The second-order valence-corrected chi connectivity index (χ2v) is 6.43. The lowest BCUT2D eigenvalue weighted by Crippen LogP contribution is -2.28. The zero-order valence-corrected chi connectivity index (χ0v) is 14.8. The zero-order valence-electron chi connectivity index (χ0n) is 12.4. The van der Waals surface area contributed by atoms with Crippen LogP contribution in [0.4, 0.5) is 4.79 Å². The van der Waals surface area contributed by atoms with Crippen molar-refractivity contribution in [2.45, 2.75) is 4.90 Å². The normalized spacial score (nSPS) is 10.1. The first-order valence-corrected chi connectivity index (χ1v) is 8.43. The van der Waals surface area contributed by atoms with Gasteiger partial charge in [-0.2, -0.15) is 0 Å². The van der Waals surface area contributed by atoms with Crippen molar-refractivity contribution in [3.8, 4) is 5.75 Å². The van der Waals surface area contributed by atoms with Crippen molar-refractivity contribution in [2.24, 2.45) is 0 Å². The summed E-state index contributed by atoms with van der Waals surface area (Å²) in [6.45, 7) is 0.644. The van der Waals surface area contributed by atoms with Gasteiger partial charge >= 0.3 is 5.24 Å². The summed E-state index contributed by atoms with van der Waals surface area (Å²) in [6, 6.07) is 8.48. The van der Waals surface area contributed by atoms with Crippen LogP contribution in [0, 0.1) is 0 Å². The average molecular weight is 412 g/mol. The summed E-state index contributed by atoms with van der Waals surface area (Å²) in [5, 5.41) is 10.6. The van der Waals surface area contributed by atoms with Gasteiger partial charge in [-0.1, -0.05) is 0 Å². The maximum atomic E-state index is 11.9. The molecule has 2 aromatic rings. The van der Waals surface area contributed by atoms with Crippen molar-refractivity contribution in [2.75, 3.05) is 13.2 Å². The van der Waals surface area contributed by atoms with Crippen LogP contribution in [-0.4, -0.2) is 34.5 Å². The van der Waals surface area contributed by atoms with Crippen LogP contribution in [0.5, 0.6) is 5.75 Å². The Kier molecular flexibility index (Phi) is 7.04. The number of halogens is 1. The highest BCUT2D eigenvalue weighted by Crippen LogP contribution is 2.21. The molecule has 0 atom stereocenters. The molecule has 0 bridgehead atoms. The van der Waals surface area contributed by atoms with E-state index < -0.39 is 5.24 Å². The van der Waals surface area contributed by atoms with Crippen molar-refractivity contribution in [3.05, 3.63) is 52.8 Å². The van der Waals surface area contributed by atoms with Gasteiger partial charge in [-0.25, -0.2) is 5.48 Å². The van der Waals surface area contributed by atoms with E-state index in [-0.39, 0.29) is 5.91 Å². The van der Waals surface area contributed by atoms with E-state index in [1.807, 2.05) is 0 Å². The lowest BCUT2D eigenvalue weighted by atomic mass is 10.3. The highest BCUT2D eigenvalue weighted by atomic mass is 79.9. The van der Waals surface area contributed by atoms with Gasteiger partial charge in [-0.3, -0.25) is 19.8 Å². The van der Waals surface area contributed by atoms with Crippen molar-refractivity contribution < 1.29 is 19.5 Å². The number of rotatable bonds is 6. The Bertz CT molecular complexity index is 712. The molecule has 0 spiro atoms. The molecular weight excluding hydrogens is 398 g/mol. The molecule has 126 valence electrons. The fourth-order valence-electron chi connectivity index (χ4n) is 1.71. The fraction of sp³-hybridized carbons (Fsp3) is 0.133. The molecule has 0 aliphatic rings. The van der Waals surface area contributed by atoms with E-state index >= 15 is 0 Å². The third kappa shape index (κ3) is 5.84. The third-order valence-electron chi connectivity index (χ3n) is 2.75. The zero-order chi connectivity index (χ0) is 17.4. The van der Waals surface area contributed by atoms with Gasteiger partial charge in [0.15, 0.2) is 0 Å². The molecule has 3 N–H and O–H groups in total. The van der Waals surface area contributed by atoms with Crippen LogP contribution >= 0.6 is 27.7 Å². The topological polar surface area (TPSA) is 101 Å². The molecule has 24 heavy (non-hydrogen) atoms. The molecule has 2 amide bonds. The molecule has 1 aromatic carbocycles. The Hall–Kier alpha value is -2.10. The number of ether oxygens (including phenoxy) is 1. The van der Waals surface area contributed by atoms with Crippen molar-refractivity contribution >= 4 is 38.8 Å². The number of pyridine rings is 1. The van der Waals surface area contributed by atoms with Gasteiger partial charge in [0.1, 0.15) is 12.4 Å². The predicted molar refractivity (Wildman–Crippen MR) is 92.4 cm³/mol. The summed E-state index contributed by atoms with van der Waals surface area (Å²) in [5.41, 5.74) is 2.01. The summed E-state index contributed by atoms with van der Waals surface area (Å²) in [7, 11) is 0. The molecule has 0 aliphatic heterocycles. The Morgan fingerprint density at radius 3 is 2.67 bits per heavy atom. The van der Waals surface area contributed by atoms with Crippen molar-refractivity contribution in [1.29, 1.82) is 0 Å². The standard InChI is InChI=1S/C15H14BrN3O4S/c16-11-7-10(8-17-9-11)14(20)18-5-6-23-12-1-3-13(4-2-12)24-15(21)19-22/h1-4,7-9,22H,5-6H2,(H,18,20)(H,19,21). The summed E-state index contributed by atoms with van der Waals surface area (Å²) in [4.78, 5) is 27.5. The number of carbonyl (C=O) groups is 2. The largest absolute Gasteiger partial charge is 0.492 e. The van der Waals surface area contributed by atoms with Crippen molar-refractivity contribution in [1.82, 2.24) is 15.8 Å². The number of aromatic nitrogens is 1. The fourth-order valence-corrected chi connectivity index (χ4v) is 2.60. The van der Waals surface area contributed by atoms with Gasteiger partial charge in [0.05, 0.1) is 12.1 Å². The van der Waals surface area contributed by atoms with E-state index in [9.17, 15) is 9.59 Å². The molecule has 0 saturated heterocycles. The summed E-state index contributed by atoms with van der Waals surface area (Å²) in [6.07, 6.45) is 3.09. The predicted octanol–water partition coefficient (Wildman–Crippen LogP) is 2.84. The van der Waals surface area contributed by atoms with E-state index in [4.69, 9.17) is 9.94 Å². The number of hydrogen-bond acceptors (Lipinski definition) is 6. The van der Waals surface area contributed by atoms with E-state index in [1.54, 1.807) is 42.0 Å². The lowest BCUT2D eigenvalue weighted by molar-refractivity contribution is 0.0946. The molecular formula is C15H14BrN3O4S. The van der Waals surface area contributed by atoms with Crippen LogP contribution in [-0.2, 0) is 0 Å². The Balaban J connectivity index is 1.74. The van der Waals surface area contributed by atoms with E-state index in [0.717, 1.165) is 16.2 Å². The highest BCUT2D eigenvalue weighted by molar-refractivity contribution is 9.10. The summed E-state index contributed by atoms with van der Waals surface area (Å²) >= 11 is 4.12. The number of thioether (sulfide) groups is 1. The minimum atomic E-state index is -0.562. The molecule has 1 aromatic heterocycles. The monoisotopic (exact) mass is 411 g/mol. The maximum absolute atomic E-state index is 11.9. The van der Waals surface area contributed by atoms with Gasteiger partial charge in [-0.15, -0.1) is 0 Å². The first-order valence-electron chi connectivity index (χ1n) is 6.82. The van der Waals surface area contributed by atoms with Crippen LogP contribution in [0.25, 0.3) is 0 Å². The summed E-state index contributed by atoms with van der Waals surface area (Å²) in [5.74, 6) is 0.385. The number of nitrogens with zero attached hydrogens (tertiary/aromatic N) is 1. The maximum Gasteiger partial charge on any atom is 0.307 e. The molecule has 0 fully saturated rings. The minimum absolute atomic E-state index is 0.228. The van der Waals surface area contributed by atoms with Crippen LogP contribution in [0.15, 0.2) is 52.1 Å². The number of hydrogen-bond donors (Lipinski definition) is 3. The molecule has 1 heterocycles. The Labute approximate surface area is 150 Å². The minimum Gasteiger partial charge on any atom is -0.492 e. The molecule has 0 unspecified atom stereocenters. The van der Waals surface area contributed by atoms with Crippen LogP contribution in [0.1, 0.15) is 10.4 Å². The van der Waals surface area contributed by atoms with Crippen molar-refractivity contribution in [3.63, 3.8) is 0 Å². The number of carbonyl (C=O) groups excluding carboxylic acids is 2. The molecule has 0 aliphatic carbocycles. The Morgan fingerprint density at radius 1 is 1.25 bits per heavy atom. The highest BCUT2D eigenvalue weighted by Gasteiger charge is 2.06. The van der Waals surface area contributed by atoms with Crippen LogP contribution < -0.4 is 15.5 Å². The van der Waals surface area contributed by atoms with Gasteiger partial charge in [-0.05, 0) is 58.0 Å². The van der Waals surface area contributed by atoms with E-state index in [0.29, 0.717) is 29.4 Å². The second-order valence-electron chi connectivity index (χ2n) is 4.47. The summed E-state index contributed by atoms with van der Waals surface area (Å²) < 4.78 is 6.24. The molecule has 0 radical (unpaired) electrons. The van der Waals surface area contributed by atoms with Gasteiger partial charge in [0.25, 0.3) is 5.91 Å². The van der Waals surface area contributed by atoms with E-state index in [2.05, 4.69) is 26.2 Å². The molecule has 9 heteroatoms. The molecule has 7 nitrogen and oxygen atoms in total. The number of amides is 2. The average Bonchev–Trinajstić information content (AvgIpc) is 2.59. The number of nitrogens with one attached hydrogen (secondary N) is 2. The first-order chi connectivity index (χ1) is 11.6. The lowest BCUT2D eigenvalue weighted by Gasteiger charge is -2.08.